The largest absolute Gasteiger partial charge is 0.421 e. The van der Waals surface area contributed by atoms with E-state index in [2.05, 4.69) is 0 Å². The van der Waals surface area contributed by atoms with Gasteiger partial charge in [0, 0.05) is 13.0 Å². The molecule has 0 radical (unpaired) electrons. The van der Waals surface area contributed by atoms with Crippen molar-refractivity contribution in [2.45, 2.75) is 17.8 Å². The highest BCUT2D eigenvalue weighted by Gasteiger charge is 2.44. The Bertz CT molecular complexity index is 686. The summed E-state index contributed by atoms with van der Waals surface area (Å²) in [6.45, 7) is -0.787. The fourth-order valence-electron chi connectivity index (χ4n) is 2.11. The number of hydrogen-bond acceptors (Lipinski definition) is 3. The van der Waals surface area contributed by atoms with Crippen LogP contribution in [0.5, 0.6) is 0 Å². The summed E-state index contributed by atoms with van der Waals surface area (Å²) in [5.74, 6) is -2.61. The van der Waals surface area contributed by atoms with E-state index >= 15 is 0 Å². The molecule has 0 N–H and O–H groups in total. The van der Waals surface area contributed by atoms with Gasteiger partial charge in [-0.25, -0.2) is 4.39 Å². The molecule has 1 aliphatic heterocycles. The zero-order valence-corrected chi connectivity index (χ0v) is 11.0. The van der Waals surface area contributed by atoms with Crippen LogP contribution in [-0.2, 0) is 21.2 Å². The number of carbonyl (C=O) groups excluding carboxylic acids is 1. The van der Waals surface area contributed by atoms with Crippen molar-refractivity contribution in [3.05, 3.63) is 29.6 Å². The Labute approximate surface area is 116 Å². The molecule has 0 aliphatic carbocycles. The maximum atomic E-state index is 13.4. The first kappa shape index (κ1) is 15.7. The second-order valence-electron chi connectivity index (χ2n) is 4.44. The van der Waals surface area contributed by atoms with Gasteiger partial charge in [0.1, 0.15) is 16.6 Å². The normalized spacial score (nSPS) is 20.1. The molecule has 116 valence electrons. The molecular formula is C11H8F5NO3S. The lowest BCUT2D eigenvalue weighted by Gasteiger charge is -2.21. The van der Waals surface area contributed by atoms with Crippen molar-refractivity contribution in [1.29, 1.82) is 0 Å². The third kappa shape index (κ3) is 2.99. The molecule has 1 aromatic rings. The maximum absolute atomic E-state index is 13.4. The van der Waals surface area contributed by atoms with Crippen LogP contribution in [0.2, 0.25) is 0 Å². The topological polar surface area (TPSA) is 54.5 Å². The third-order valence-electron chi connectivity index (χ3n) is 3.05. The Kier molecular flexibility index (Phi) is 3.68. The van der Waals surface area contributed by atoms with E-state index in [1.54, 1.807) is 0 Å². The predicted octanol–water partition coefficient (Wildman–Crippen LogP) is 2.25. The zero-order valence-electron chi connectivity index (χ0n) is 10.2. The van der Waals surface area contributed by atoms with Gasteiger partial charge in [0.25, 0.3) is 0 Å². The fourth-order valence-corrected chi connectivity index (χ4v) is 2.78. The number of nitrogens with zero attached hydrogens (tertiary/aromatic N) is 1. The molecule has 1 atom stereocenters. The van der Waals surface area contributed by atoms with Crippen LogP contribution in [-0.4, -0.2) is 26.1 Å². The number of anilines is 1. The Morgan fingerprint density at radius 1 is 1.24 bits per heavy atom. The summed E-state index contributed by atoms with van der Waals surface area (Å²) < 4.78 is 86.4. The summed E-state index contributed by atoms with van der Waals surface area (Å²) in [6.07, 6.45) is -5.86. The van der Waals surface area contributed by atoms with Crippen molar-refractivity contribution in [1.82, 2.24) is 0 Å². The molecule has 1 amide bonds. The summed E-state index contributed by atoms with van der Waals surface area (Å²) in [4.78, 5) is 12.1. The minimum Gasteiger partial charge on any atom is -0.310 e. The first-order valence-corrected chi connectivity index (χ1v) is 7.06. The first-order valence-electron chi connectivity index (χ1n) is 5.61. The van der Waals surface area contributed by atoms with E-state index in [-0.39, 0.29) is 0 Å². The van der Waals surface area contributed by atoms with E-state index in [4.69, 9.17) is 0 Å². The number of carbonyl (C=O) groups is 1. The van der Waals surface area contributed by atoms with Crippen LogP contribution in [0.4, 0.5) is 27.1 Å². The van der Waals surface area contributed by atoms with Crippen LogP contribution in [0.1, 0.15) is 12.0 Å². The Hall–Kier alpha value is -1.71. The minimum absolute atomic E-state index is 0.438. The van der Waals surface area contributed by atoms with E-state index in [1.807, 2.05) is 0 Å². The second kappa shape index (κ2) is 4.93. The molecule has 1 aliphatic rings. The highest BCUT2D eigenvalue weighted by molar-refractivity contribution is 7.87. The summed E-state index contributed by atoms with van der Waals surface area (Å²) in [7, 11) is -5.07. The lowest BCUT2D eigenvalue weighted by Crippen LogP contribution is -2.29. The maximum Gasteiger partial charge on any atom is 0.421 e. The summed E-state index contributed by atoms with van der Waals surface area (Å²) >= 11 is 0. The smallest absolute Gasteiger partial charge is 0.310 e. The lowest BCUT2D eigenvalue weighted by atomic mass is 10.1. The molecule has 1 heterocycles. The molecule has 2 rings (SSSR count). The molecule has 0 saturated carbocycles. The van der Waals surface area contributed by atoms with Gasteiger partial charge in [0.15, 0.2) is 0 Å². The van der Waals surface area contributed by atoms with E-state index in [9.17, 15) is 34.7 Å². The molecule has 1 fully saturated rings. The number of benzene rings is 1. The van der Waals surface area contributed by atoms with Crippen LogP contribution in [0, 0.1) is 5.82 Å². The number of halogens is 5. The summed E-state index contributed by atoms with van der Waals surface area (Å²) in [5, 5.41) is -1.76. The number of alkyl halides is 3. The van der Waals surface area contributed by atoms with Gasteiger partial charge in [-0.15, -0.1) is 3.89 Å². The van der Waals surface area contributed by atoms with Crippen molar-refractivity contribution in [3.8, 4) is 0 Å². The molecule has 21 heavy (non-hydrogen) atoms. The van der Waals surface area contributed by atoms with Gasteiger partial charge in [-0.1, -0.05) is 6.07 Å². The van der Waals surface area contributed by atoms with Crippen LogP contribution in [0.25, 0.3) is 0 Å². The molecule has 1 unspecified atom stereocenters. The number of amides is 1. The van der Waals surface area contributed by atoms with E-state index < -0.39 is 57.6 Å². The SMILES string of the molecule is O=C1CC(S(=O)(=O)F)CN1c1cccc(F)c1C(F)(F)F. The Balaban J connectivity index is 2.49. The van der Waals surface area contributed by atoms with E-state index in [0.29, 0.717) is 11.0 Å². The van der Waals surface area contributed by atoms with Crippen LogP contribution in [0.15, 0.2) is 18.2 Å². The molecule has 0 bridgehead atoms. The summed E-state index contributed by atoms with van der Waals surface area (Å²) in [5.41, 5.74) is -2.51. The monoisotopic (exact) mass is 329 g/mol. The Morgan fingerprint density at radius 3 is 2.33 bits per heavy atom. The lowest BCUT2D eigenvalue weighted by molar-refractivity contribution is -0.139. The zero-order chi connectivity index (χ0) is 16.0. The molecule has 0 spiro atoms. The van der Waals surface area contributed by atoms with Gasteiger partial charge in [-0.3, -0.25) is 4.79 Å². The second-order valence-corrected chi connectivity index (χ2v) is 6.06. The van der Waals surface area contributed by atoms with Crippen molar-refractivity contribution >= 4 is 21.8 Å². The van der Waals surface area contributed by atoms with Crippen LogP contribution < -0.4 is 4.90 Å². The first-order chi connectivity index (χ1) is 9.51. The summed E-state index contributed by atoms with van der Waals surface area (Å²) in [6, 6.07) is 2.34. The van der Waals surface area contributed by atoms with Gasteiger partial charge >= 0.3 is 16.4 Å². The molecular weight excluding hydrogens is 321 g/mol. The molecule has 10 heteroatoms. The number of rotatable bonds is 2. The fraction of sp³-hybridized carbons (Fsp3) is 0.364. The van der Waals surface area contributed by atoms with Gasteiger partial charge in [0.2, 0.25) is 5.91 Å². The van der Waals surface area contributed by atoms with Gasteiger partial charge < -0.3 is 4.90 Å². The highest BCUT2D eigenvalue weighted by Crippen LogP contribution is 2.40. The average Bonchev–Trinajstić information content (AvgIpc) is 2.69. The third-order valence-corrected chi connectivity index (χ3v) is 4.17. The molecule has 1 aromatic carbocycles. The van der Waals surface area contributed by atoms with E-state index in [1.165, 1.54) is 0 Å². The van der Waals surface area contributed by atoms with Gasteiger partial charge in [-0.2, -0.15) is 21.6 Å². The van der Waals surface area contributed by atoms with Crippen LogP contribution in [0.3, 0.4) is 0 Å². The van der Waals surface area contributed by atoms with Gasteiger partial charge in [0.05, 0.1) is 5.69 Å². The van der Waals surface area contributed by atoms with Crippen molar-refractivity contribution < 1.29 is 34.7 Å². The van der Waals surface area contributed by atoms with Crippen LogP contribution >= 0.6 is 0 Å². The van der Waals surface area contributed by atoms with Crippen molar-refractivity contribution in [2.75, 3.05) is 11.4 Å². The van der Waals surface area contributed by atoms with Crippen molar-refractivity contribution in [3.63, 3.8) is 0 Å². The Morgan fingerprint density at radius 2 is 1.86 bits per heavy atom. The molecule has 4 nitrogen and oxygen atoms in total. The average molecular weight is 329 g/mol. The number of hydrogen-bond donors (Lipinski definition) is 0. The standard InChI is InChI=1S/C11H8F5NO3S/c12-7-2-1-3-8(10(7)11(13,14)15)17-5-6(4-9(17)18)21(16,19)20/h1-3,6H,4-5H2. The predicted molar refractivity (Wildman–Crippen MR) is 62.2 cm³/mol. The van der Waals surface area contributed by atoms with Gasteiger partial charge in [-0.05, 0) is 12.1 Å². The quantitative estimate of drug-likeness (QED) is 0.618. The minimum atomic E-state index is -5.08. The van der Waals surface area contributed by atoms with Crippen molar-refractivity contribution in [2.24, 2.45) is 0 Å². The highest BCUT2D eigenvalue weighted by atomic mass is 32.3. The van der Waals surface area contributed by atoms with E-state index in [0.717, 1.165) is 12.1 Å². The molecule has 0 aromatic heterocycles. The molecule has 1 saturated heterocycles.